The second kappa shape index (κ2) is 8.45. The van der Waals surface area contributed by atoms with Gasteiger partial charge in [0.05, 0.1) is 29.9 Å². The van der Waals surface area contributed by atoms with Crippen LogP contribution in [0.3, 0.4) is 0 Å². The van der Waals surface area contributed by atoms with E-state index < -0.39 is 0 Å². The molecule has 2 aromatic heterocycles. The molecule has 6 heteroatoms. The highest BCUT2D eigenvalue weighted by molar-refractivity contribution is 5.91. The maximum Gasteiger partial charge on any atom is 0.287 e. The van der Waals surface area contributed by atoms with Crippen molar-refractivity contribution in [3.8, 4) is 5.75 Å². The van der Waals surface area contributed by atoms with Gasteiger partial charge in [0.25, 0.3) is 5.91 Å². The van der Waals surface area contributed by atoms with E-state index in [2.05, 4.69) is 9.88 Å². The van der Waals surface area contributed by atoms with Gasteiger partial charge in [0.15, 0.2) is 5.76 Å². The van der Waals surface area contributed by atoms with Gasteiger partial charge in [-0.25, -0.2) is 4.98 Å². The van der Waals surface area contributed by atoms with Crippen LogP contribution < -0.4 is 10.1 Å². The number of rotatable bonds is 7. The Morgan fingerprint density at radius 3 is 2.60 bits per heavy atom. The molecule has 2 aromatic carbocycles. The third-order valence-electron chi connectivity index (χ3n) is 5.13. The van der Waals surface area contributed by atoms with Crippen LogP contribution in [0.1, 0.15) is 40.5 Å². The summed E-state index contributed by atoms with van der Waals surface area (Å²) in [6.45, 7) is 7.13. The third kappa shape index (κ3) is 3.94. The molecule has 6 nitrogen and oxygen atoms in total. The summed E-state index contributed by atoms with van der Waals surface area (Å²) >= 11 is 0. The number of benzene rings is 2. The average Bonchev–Trinajstić information content (AvgIpc) is 3.39. The molecule has 0 radical (unpaired) electrons. The first-order valence-corrected chi connectivity index (χ1v) is 10.0. The van der Waals surface area contributed by atoms with E-state index in [1.807, 2.05) is 63.2 Å². The Balaban J connectivity index is 1.56. The van der Waals surface area contributed by atoms with E-state index in [9.17, 15) is 4.79 Å². The van der Waals surface area contributed by atoms with Crippen molar-refractivity contribution < 1.29 is 13.9 Å². The lowest BCUT2D eigenvalue weighted by molar-refractivity contribution is 0.0909. The van der Waals surface area contributed by atoms with Gasteiger partial charge >= 0.3 is 0 Å². The maximum atomic E-state index is 12.4. The van der Waals surface area contributed by atoms with Crippen molar-refractivity contribution in [1.29, 1.82) is 0 Å². The number of para-hydroxylation sites is 3. The van der Waals surface area contributed by atoms with Crippen LogP contribution in [0.15, 0.2) is 65.3 Å². The van der Waals surface area contributed by atoms with Gasteiger partial charge in [-0.3, -0.25) is 4.79 Å². The van der Waals surface area contributed by atoms with Gasteiger partial charge in [0.2, 0.25) is 0 Å². The quantitative estimate of drug-likeness (QED) is 0.480. The molecular formula is C24H25N3O3. The Kier molecular flexibility index (Phi) is 5.57. The van der Waals surface area contributed by atoms with Crippen molar-refractivity contribution in [3.05, 3.63) is 83.6 Å². The number of fused-ring (bicyclic) bond motifs is 1. The summed E-state index contributed by atoms with van der Waals surface area (Å²) < 4.78 is 13.4. The molecule has 4 rings (SSSR count). The summed E-state index contributed by atoms with van der Waals surface area (Å²) in [5.74, 6) is 1.71. The van der Waals surface area contributed by atoms with Crippen LogP contribution in [0, 0.1) is 13.8 Å². The van der Waals surface area contributed by atoms with Crippen LogP contribution in [0.5, 0.6) is 5.75 Å². The predicted octanol–water partition coefficient (Wildman–Crippen LogP) is 4.82. The van der Waals surface area contributed by atoms with Gasteiger partial charge in [-0.05, 0) is 56.2 Å². The number of hydrogen-bond donors (Lipinski definition) is 1. The van der Waals surface area contributed by atoms with E-state index in [-0.39, 0.29) is 17.7 Å². The molecule has 154 valence electrons. The largest absolute Gasteiger partial charge is 0.491 e. The smallest absolute Gasteiger partial charge is 0.287 e. The number of hydrogen-bond acceptors (Lipinski definition) is 4. The molecule has 2 heterocycles. The monoisotopic (exact) mass is 403 g/mol. The average molecular weight is 403 g/mol. The van der Waals surface area contributed by atoms with Crippen molar-refractivity contribution >= 4 is 16.9 Å². The number of ether oxygens (including phenoxy) is 1. The molecule has 30 heavy (non-hydrogen) atoms. The molecule has 1 unspecified atom stereocenters. The molecule has 1 atom stereocenters. The molecule has 0 aliphatic heterocycles. The summed E-state index contributed by atoms with van der Waals surface area (Å²) in [5, 5.41) is 2.97. The number of nitrogens with one attached hydrogen (secondary N) is 1. The molecule has 0 aliphatic carbocycles. The summed E-state index contributed by atoms with van der Waals surface area (Å²) in [6, 6.07) is 17.1. The van der Waals surface area contributed by atoms with Crippen LogP contribution in [0.2, 0.25) is 0 Å². The molecule has 1 amide bonds. The highest BCUT2D eigenvalue weighted by Gasteiger charge is 2.20. The summed E-state index contributed by atoms with van der Waals surface area (Å²) in [6.07, 6.45) is 1.49. The minimum absolute atomic E-state index is 0.266. The predicted molar refractivity (Wildman–Crippen MR) is 116 cm³/mol. The topological polar surface area (TPSA) is 69.3 Å². The maximum absolute atomic E-state index is 12.4. The van der Waals surface area contributed by atoms with Crippen LogP contribution in [0.4, 0.5) is 0 Å². The normalized spacial score (nSPS) is 12.1. The Morgan fingerprint density at radius 2 is 1.87 bits per heavy atom. The number of nitrogens with zero attached hydrogens (tertiary/aromatic N) is 2. The molecule has 0 spiro atoms. The fourth-order valence-electron chi connectivity index (χ4n) is 3.67. The lowest BCUT2D eigenvalue weighted by Gasteiger charge is -2.17. The van der Waals surface area contributed by atoms with Gasteiger partial charge in [0.1, 0.15) is 18.2 Å². The highest BCUT2D eigenvalue weighted by Crippen LogP contribution is 2.24. The second-order valence-electron chi connectivity index (χ2n) is 7.35. The number of carbonyl (C=O) groups excluding carboxylic acids is 1. The van der Waals surface area contributed by atoms with Gasteiger partial charge in [-0.2, -0.15) is 0 Å². The van der Waals surface area contributed by atoms with Crippen LogP contribution >= 0.6 is 0 Å². The number of aromatic nitrogens is 2. The van der Waals surface area contributed by atoms with E-state index in [0.717, 1.165) is 33.7 Å². The van der Waals surface area contributed by atoms with E-state index in [1.54, 1.807) is 12.1 Å². The lowest BCUT2D eigenvalue weighted by atomic mass is 10.1. The first-order valence-electron chi connectivity index (χ1n) is 10.0. The highest BCUT2D eigenvalue weighted by atomic mass is 16.5. The molecule has 0 bridgehead atoms. The Labute approximate surface area is 175 Å². The number of aryl methyl sites for hydroxylation is 2. The van der Waals surface area contributed by atoms with Gasteiger partial charge in [0, 0.05) is 0 Å². The van der Waals surface area contributed by atoms with Crippen molar-refractivity contribution in [3.63, 3.8) is 0 Å². The minimum Gasteiger partial charge on any atom is -0.491 e. The van der Waals surface area contributed by atoms with Crippen molar-refractivity contribution in [1.82, 2.24) is 14.9 Å². The first kappa shape index (κ1) is 19.8. The zero-order valence-corrected chi connectivity index (χ0v) is 17.4. The van der Waals surface area contributed by atoms with Gasteiger partial charge in [-0.1, -0.05) is 30.3 Å². The fourth-order valence-corrected chi connectivity index (χ4v) is 3.67. The van der Waals surface area contributed by atoms with Crippen molar-refractivity contribution in [2.45, 2.75) is 33.4 Å². The van der Waals surface area contributed by atoms with E-state index in [1.165, 1.54) is 6.26 Å². The zero-order chi connectivity index (χ0) is 21.1. The SMILES string of the molecule is Cc1cccc(C)c1OCCn1c(C(C)NC(=O)c2ccco2)nc2ccccc21. The number of furan rings is 1. The molecule has 1 N–H and O–H groups in total. The van der Waals surface area contributed by atoms with E-state index in [4.69, 9.17) is 14.1 Å². The molecule has 0 aliphatic rings. The lowest BCUT2D eigenvalue weighted by Crippen LogP contribution is -2.29. The number of carbonyl (C=O) groups is 1. The Bertz CT molecular complexity index is 1140. The van der Waals surface area contributed by atoms with Crippen molar-refractivity contribution in [2.75, 3.05) is 6.61 Å². The van der Waals surface area contributed by atoms with Crippen LogP contribution in [-0.4, -0.2) is 22.1 Å². The van der Waals surface area contributed by atoms with Gasteiger partial charge < -0.3 is 19.0 Å². The third-order valence-corrected chi connectivity index (χ3v) is 5.13. The summed E-state index contributed by atoms with van der Waals surface area (Å²) in [7, 11) is 0. The molecule has 0 fully saturated rings. The molecule has 4 aromatic rings. The minimum atomic E-state index is -0.296. The number of imidazole rings is 1. The van der Waals surface area contributed by atoms with Crippen LogP contribution in [0.25, 0.3) is 11.0 Å². The summed E-state index contributed by atoms with van der Waals surface area (Å²) in [5.41, 5.74) is 4.13. The van der Waals surface area contributed by atoms with Crippen molar-refractivity contribution in [2.24, 2.45) is 0 Å². The molecule has 0 saturated heterocycles. The Hall–Kier alpha value is -3.54. The van der Waals surface area contributed by atoms with Gasteiger partial charge in [-0.15, -0.1) is 0 Å². The van der Waals surface area contributed by atoms with E-state index in [0.29, 0.717) is 13.2 Å². The standard InChI is InChI=1S/C24H25N3O3/c1-16-8-6-9-17(2)22(16)30-15-13-27-20-11-5-4-10-19(20)26-23(27)18(3)25-24(28)21-12-7-14-29-21/h4-12,14,18H,13,15H2,1-3H3,(H,25,28). The molecular weight excluding hydrogens is 378 g/mol. The number of amides is 1. The molecule has 0 saturated carbocycles. The van der Waals surface area contributed by atoms with Crippen LogP contribution in [-0.2, 0) is 6.54 Å². The summed E-state index contributed by atoms with van der Waals surface area (Å²) in [4.78, 5) is 17.2. The first-order chi connectivity index (χ1) is 14.5. The fraction of sp³-hybridized carbons (Fsp3) is 0.250. The second-order valence-corrected chi connectivity index (χ2v) is 7.35. The zero-order valence-electron chi connectivity index (χ0n) is 17.4. The van der Waals surface area contributed by atoms with E-state index >= 15 is 0 Å². The Morgan fingerprint density at radius 1 is 1.10 bits per heavy atom.